The van der Waals surface area contributed by atoms with E-state index in [1.807, 2.05) is 12.1 Å². The number of nitrogens with zero attached hydrogens (tertiary/aromatic N) is 3. The molecule has 6 nitrogen and oxygen atoms in total. The molecule has 1 unspecified atom stereocenters. The van der Waals surface area contributed by atoms with Gasteiger partial charge in [0.2, 0.25) is 0 Å². The van der Waals surface area contributed by atoms with Gasteiger partial charge >= 0.3 is 0 Å². The van der Waals surface area contributed by atoms with Crippen molar-refractivity contribution < 1.29 is 4.84 Å². The number of nitrogens with one attached hydrogen (secondary N) is 1. The van der Waals surface area contributed by atoms with Crippen molar-refractivity contribution in [2.24, 2.45) is 4.99 Å². The molecule has 0 saturated heterocycles. The lowest BCUT2D eigenvalue weighted by molar-refractivity contribution is 0.0494. The number of rotatable bonds is 3. The Morgan fingerprint density at radius 2 is 2.05 bits per heavy atom. The maximum Gasteiger partial charge on any atom is 0.267 e. The number of benzene rings is 1. The second-order valence-electron chi connectivity index (χ2n) is 4.62. The van der Waals surface area contributed by atoms with Crippen molar-refractivity contribution in [1.82, 2.24) is 15.3 Å². The highest BCUT2D eigenvalue weighted by molar-refractivity contribution is 6.30. The van der Waals surface area contributed by atoms with Gasteiger partial charge in [0.25, 0.3) is 5.56 Å². The maximum atomic E-state index is 11.9. The Morgan fingerprint density at radius 3 is 2.71 bits per heavy atom. The van der Waals surface area contributed by atoms with Gasteiger partial charge in [0, 0.05) is 16.7 Å². The Kier molecular flexibility index (Phi) is 3.72. The number of hydroxylamine groups is 1. The molecule has 0 bridgehead atoms. The first-order chi connectivity index (χ1) is 10.1. The van der Waals surface area contributed by atoms with E-state index in [0.29, 0.717) is 16.6 Å². The average molecular weight is 305 g/mol. The van der Waals surface area contributed by atoms with Crippen molar-refractivity contribution in [3.63, 3.8) is 0 Å². The summed E-state index contributed by atoms with van der Waals surface area (Å²) in [4.78, 5) is 21.2. The molecule has 0 radical (unpaired) electrons. The van der Waals surface area contributed by atoms with Crippen molar-refractivity contribution in [3.8, 4) is 11.3 Å². The second-order valence-corrected chi connectivity index (χ2v) is 5.05. The number of aliphatic imine (C=N–C) groups is 1. The zero-order chi connectivity index (χ0) is 14.8. The first-order valence-electron chi connectivity index (χ1n) is 6.44. The fourth-order valence-corrected chi connectivity index (χ4v) is 2.10. The highest BCUT2D eigenvalue weighted by Crippen LogP contribution is 2.18. The van der Waals surface area contributed by atoms with E-state index in [-0.39, 0.29) is 18.3 Å². The third-order valence-corrected chi connectivity index (χ3v) is 3.24. The summed E-state index contributed by atoms with van der Waals surface area (Å²) in [6.07, 6.45) is -0.254. The number of hydrogen-bond donors (Lipinski definition) is 1. The van der Waals surface area contributed by atoms with Gasteiger partial charge in [-0.1, -0.05) is 23.7 Å². The molecule has 1 aliphatic rings. The maximum absolute atomic E-state index is 11.9. The van der Waals surface area contributed by atoms with Crippen molar-refractivity contribution in [2.45, 2.75) is 19.7 Å². The molecule has 0 aliphatic carbocycles. The van der Waals surface area contributed by atoms with E-state index in [1.165, 1.54) is 10.7 Å². The van der Waals surface area contributed by atoms with Crippen LogP contribution < -0.4 is 11.0 Å². The van der Waals surface area contributed by atoms with E-state index in [9.17, 15) is 4.79 Å². The van der Waals surface area contributed by atoms with Crippen molar-refractivity contribution in [3.05, 3.63) is 51.8 Å². The van der Waals surface area contributed by atoms with Crippen LogP contribution in [0, 0.1) is 0 Å². The van der Waals surface area contributed by atoms with E-state index in [1.54, 1.807) is 25.1 Å². The van der Waals surface area contributed by atoms with Crippen molar-refractivity contribution in [1.29, 1.82) is 0 Å². The van der Waals surface area contributed by atoms with Gasteiger partial charge in [-0.05, 0) is 25.1 Å². The molecule has 1 aromatic heterocycles. The molecule has 1 N–H and O–H groups in total. The molecule has 0 spiro atoms. The van der Waals surface area contributed by atoms with E-state index in [0.717, 1.165) is 5.56 Å². The molecule has 7 heteroatoms. The smallest absolute Gasteiger partial charge is 0.267 e. The fourth-order valence-electron chi connectivity index (χ4n) is 1.98. The minimum Gasteiger partial charge on any atom is -0.268 e. The van der Waals surface area contributed by atoms with E-state index in [2.05, 4.69) is 15.6 Å². The average Bonchev–Trinajstić information content (AvgIpc) is 2.88. The normalized spacial score (nSPS) is 17.4. The van der Waals surface area contributed by atoms with Gasteiger partial charge in [-0.2, -0.15) is 5.10 Å². The number of hydrogen-bond acceptors (Lipinski definition) is 5. The first-order valence-corrected chi connectivity index (χ1v) is 6.82. The van der Waals surface area contributed by atoms with Crippen LogP contribution in [0.15, 0.2) is 46.2 Å². The topological polar surface area (TPSA) is 68.5 Å². The second kappa shape index (κ2) is 5.67. The summed E-state index contributed by atoms with van der Waals surface area (Å²) < 4.78 is 1.34. The van der Waals surface area contributed by atoms with E-state index < -0.39 is 0 Å². The van der Waals surface area contributed by atoms with Crippen molar-refractivity contribution in [2.75, 3.05) is 0 Å². The minimum absolute atomic E-state index is 0.197. The Balaban J connectivity index is 1.91. The molecule has 0 amide bonds. The summed E-state index contributed by atoms with van der Waals surface area (Å²) in [6.45, 7) is 2.05. The molecule has 21 heavy (non-hydrogen) atoms. The Hall–Kier alpha value is -2.18. The van der Waals surface area contributed by atoms with Crippen LogP contribution in [0.2, 0.25) is 5.02 Å². The first kappa shape index (κ1) is 13.8. The van der Waals surface area contributed by atoms with Gasteiger partial charge in [-0.25, -0.2) is 20.0 Å². The van der Waals surface area contributed by atoms with E-state index in [4.69, 9.17) is 16.4 Å². The third-order valence-electron chi connectivity index (χ3n) is 2.99. The quantitative estimate of drug-likeness (QED) is 0.939. The van der Waals surface area contributed by atoms with Crippen LogP contribution >= 0.6 is 11.6 Å². The Labute approximate surface area is 126 Å². The molecule has 1 aliphatic heterocycles. The van der Waals surface area contributed by atoms with Crippen LogP contribution in [0.4, 0.5) is 0 Å². The van der Waals surface area contributed by atoms with Crippen LogP contribution in [0.25, 0.3) is 11.3 Å². The lowest BCUT2D eigenvalue weighted by Gasteiger charge is -2.07. The van der Waals surface area contributed by atoms with Gasteiger partial charge in [0.1, 0.15) is 12.4 Å². The van der Waals surface area contributed by atoms with Crippen LogP contribution in [-0.2, 0) is 11.4 Å². The zero-order valence-electron chi connectivity index (χ0n) is 11.3. The van der Waals surface area contributed by atoms with Crippen LogP contribution in [-0.4, -0.2) is 21.8 Å². The van der Waals surface area contributed by atoms with Gasteiger partial charge < -0.3 is 0 Å². The minimum atomic E-state index is -0.254. The van der Waals surface area contributed by atoms with E-state index >= 15 is 0 Å². The molecule has 2 aromatic rings. The molecular weight excluding hydrogens is 292 g/mol. The summed E-state index contributed by atoms with van der Waals surface area (Å²) >= 11 is 5.87. The fraction of sp³-hybridized carbons (Fsp3) is 0.214. The van der Waals surface area contributed by atoms with Crippen LogP contribution in [0.3, 0.4) is 0 Å². The molecule has 3 rings (SSSR count). The standard InChI is InChI=1S/C14H13ClN4O2/c1-9-16-13(18-21-9)8-19-14(20)7-6-12(17-19)10-2-4-11(15)5-3-10/h2-7,9H,8H2,1H3,(H,16,18). The predicted octanol–water partition coefficient (Wildman–Crippen LogP) is 1.84. The lowest BCUT2D eigenvalue weighted by atomic mass is 10.1. The third kappa shape index (κ3) is 3.12. The van der Waals surface area contributed by atoms with Gasteiger partial charge in [0.05, 0.1) is 5.69 Å². The van der Waals surface area contributed by atoms with Crippen LogP contribution in [0.1, 0.15) is 6.92 Å². The lowest BCUT2D eigenvalue weighted by Crippen LogP contribution is -2.30. The summed E-state index contributed by atoms with van der Waals surface area (Å²) in [7, 11) is 0. The molecular formula is C14H13ClN4O2. The van der Waals surface area contributed by atoms with Crippen LogP contribution in [0.5, 0.6) is 0 Å². The highest BCUT2D eigenvalue weighted by Gasteiger charge is 2.14. The summed E-state index contributed by atoms with van der Waals surface area (Å²) in [5, 5.41) is 5.00. The van der Waals surface area contributed by atoms with Gasteiger partial charge in [-0.3, -0.25) is 4.79 Å². The zero-order valence-corrected chi connectivity index (χ0v) is 12.0. The number of halogens is 1. The predicted molar refractivity (Wildman–Crippen MR) is 80.1 cm³/mol. The Morgan fingerprint density at radius 1 is 1.29 bits per heavy atom. The molecule has 2 heterocycles. The largest absolute Gasteiger partial charge is 0.268 e. The van der Waals surface area contributed by atoms with Crippen molar-refractivity contribution >= 4 is 17.4 Å². The Bertz CT molecular complexity index is 739. The summed E-state index contributed by atoms with van der Waals surface area (Å²) in [5.41, 5.74) is 4.07. The summed E-state index contributed by atoms with van der Waals surface area (Å²) in [5.74, 6) is 0.574. The molecule has 1 atom stereocenters. The molecule has 108 valence electrons. The SMILES string of the molecule is CC1N=C(Cn2nc(-c3ccc(Cl)cc3)ccc2=O)NO1. The molecule has 0 saturated carbocycles. The molecule has 0 fully saturated rings. The monoisotopic (exact) mass is 304 g/mol. The number of aromatic nitrogens is 2. The van der Waals surface area contributed by atoms with Gasteiger partial charge in [0.15, 0.2) is 6.23 Å². The summed E-state index contributed by atoms with van der Waals surface area (Å²) in [6, 6.07) is 10.5. The highest BCUT2D eigenvalue weighted by atomic mass is 35.5. The van der Waals surface area contributed by atoms with Gasteiger partial charge in [-0.15, -0.1) is 0 Å². The molecule has 1 aromatic carbocycles. The number of amidine groups is 1.